The molecule has 3 atom stereocenters. The van der Waals surface area contributed by atoms with Gasteiger partial charge in [-0.2, -0.15) is 0 Å². The van der Waals surface area contributed by atoms with Gasteiger partial charge in [-0.25, -0.2) is 4.98 Å². The zero-order chi connectivity index (χ0) is 16.1. The molecule has 0 radical (unpaired) electrons. The standard InChI is InChI=1S/C16H24N2O3S/c1-10(2)12-5-4-11(3)8-13(12)21-15(20)9-22-16-17-7-6-14(19)18-16/h6-7,10-13H,4-5,8-9H2,1-3H3,(H,17,18,19)/t11-,12+,13-/m0/s1. The Morgan fingerprint density at radius 1 is 1.50 bits per heavy atom. The Hall–Kier alpha value is -1.30. The molecule has 0 spiro atoms. The van der Waals surface area contributed by atoms with Gasteiger partial charge in [0.05, 0.1) is 5.75 Å². The molecule has 0 unspecified atom stereocenters. The highest BCUT2D eigenvalue weighted by Gasteiger charge is 2.33. The number of aromatic amines is 1. The van der Waals surface area contributed by atoms with Crippen molar-refractivity contribution in [3.63, 3.8) is 0 Å². The highest BCUT2D eigenvalue weighted by Crippen LogP contribution is 2.35. The fourth-order valence-corrected chi connectivity index (χ4v) is 3.64. The first-order valence-electron chi connectivity index (χ1n) is 7.83. The molecular formula is C16H24N2O3S. The maximum Gasteiger partial charge on any atom is 0.316 e. The van der Waals surface area contributed by atoms with Gasteiger partial charge in [-0.3, -0.25) is 9.59 Å². The molecule has 1 heterocycles. The van der Waals surface area contributed by atoms with Crippen LogP contribution in [0.3, 0.4) is 0 Å². The molecule has 1 aromatic heterocycles. The third-order valence-electron chi connectivity index (χ3n) is 4.22. The van der Waals surface area contributed by atoms with Crippen LogP contribution in [-0.4, -0.2) is 27.8 Å². The number of esters is 1. The summed E-state index contributed by atoms with van der Waals surface area (Å²) in [6.07, 6.45) is 4.72. The summed E-state index contributed by atoms with van der Waals surface area (Å²) in [5.74, 6) is 1.50. The van der Waals surface area contributed by atoms with Gasteiger partial charge in [-0.05, 0) is 30.6 Å². The molecule has 1 saturated carbocycles. The average Bonchev–Trinajstić information content (AvgIpc) is 2.45. The second-order valence-electron chi connectivity index (χ2n) is 6.38. The normalized spacial score (nSPS) is 25.2. The number of nitrogens with zero attached hydrogens (tertiary/aromatic N) is 1. The van der Waals surface area contributed by atoms with E-state index in [2.05, 4.69) is 30.7 Å². The van der Waals surface area contributed by atoms with Gasteiger partial charge < -0.3 is 9.72 Å². The Kier molecular flexibility index (Phi) is 6.06. The lowest BCUT2D eigenvalue weighted by Crippen LogP contribution is -2.36. The molecule has 22 heavy (non-hydrogen) atoms. The number of carbonyl (C=O) groups is 1. The first kappa shape index (κ1) is 17.1. The topological polar surface area (TPSA) is 72.0 Å². The minimum atomic E-state index is -0.235. The molecule has 1 aliphatic carbocycles. The first-order valence-corrected chi connectivity index (χ1v) is 8.82. The van der Waals surface area contributed by atoms with Crippen molar-refractivity contribution < 1.29 is 9.53 Å². The molecule has 1 aliphatic rings. The van der Waals surface area contributed by atoms with E-state index >= 15 is 0 Å². The molecule has 1 N–H and O–H groups in total. The van der Waals surface area contributed by atoms with Crippen LogP contribution >= 0.6 is 11.8 Å². The molecule has 5 nitrogen and oxygen atoms in total. The summed E-state index contributed by atoms with van der Waals surface area (Å²) in [5, 5.41) is 0.446. The van der Waals surface area contributed by atoms with Crippen molar-refractivity contribution in [2.45, 2.75) is 51.3 Å². The Morgan fingerprint density at radius 2 is 2.27 bits per heavy atom. The first-order chi connectivity index (χ1) is 10.5. The van der Waals surface area contributed by atoms with Crippen LogP contribution in [0.1, 0.15) is 40.0 Å². The number of aromatic nitrogens is 2. The van der Waals surface area contributed by atoms with Crippen molar-refractivity contribution in [2.75, 3.05) is 5.75 Å². The van der Waals surface area contributed by atoms with Crippen LogP contribution in [0.5, 0.6) is 0 Å². The average molecular weight is 324 g/mol. The largest absolute Gasteiger partial charge is 0.461 e. The maximum atomic E-state index is 12.1. The van der Waals surface area contributed by atoms with Crippen LogP contribution < -0.4 is 5.56 Å². The van der Waals surface area contributed by atoms with Crippen LogP contribution in [0.4, 0.5) is 0 Å². The summed E-state index contributed by atoms with van der Waals surface area (Å²) in [6.45, 7) is 6.59. The number of nitrogens with one attached hydrogen (secondary N) is 1. The molecule has 1 fully saturated rings. The number of carbonyl (C=O) groups excluding carboxylic acids is 1. The number of hydrogen-bond acceptors (Lipinski definition) is 5. The van der Waals surface area contributed by atoms with Crippen molar-refractivity contribution in [3.8, 4) is 0 Å². The Labute approximate surface area is 135 Å². The quantitative estimate of drug-likeness (QED) is 0.512. The third kappa shape index (κ3) is 4.87. The number of rotatable bonds is 5. The van der Waals surface area contributed by atoms with Gasteiger partial charge in [-0.15, -0.1) is 0 Å². The Balaban J connectivity index is 1.88. The summed E-state index contributed by atoms with van der Waals surface area (Å²) in [5.41, 5.74) is -0.216. The van der Waals surface area contributed by atoms with Crippen molar-refractivity contribution in [2.24, 2.45) is 17.8 Å². The van der Waals surface area contributed by atoms with Gasteiger partial charge in [0.1, 0.15) is 6.10 Å². The molecule has 0 bridgehead atoms. The fourth-order valence-electron chi connectivity index (χ4n) is 3.01. The number of thioether (sulfide) groups is 1. The lowest BCUT2D eigenvalue weighted by Gasteiger charge is -2.36. The predicted molar refractivity (Wildman–Crippen MR) is 86.8 cm³/mol. The van der Waals surface area contributed by atoms with Crippen LogP contribution in [0.15, 0.2) is 22.2 Å². The van der Waals surface area contributed by atoms with Gasteiger partial charge in [0, 0.05) is 12.3 Å². The second-order valence-corrected chi connectivity index (χ2v) is 7.35. The third-order valence-corrected chi connectivity index (χ3v) is 5.08. The second kappa shape index (κ2) is 7.81. The van der Waals surface area contributed by atoms with Crippen LogP contribution in [-0.2, 0) is 9.53 Å². The summed E-state index contributed by atoms with van der Waals surface area (Å²) in [4.78, 5) is 29.9. The number of H-pyrrole nitrogens is 1. The minimum Gasteiger partial charge on any atom is -0.461 e. The van der Waals surface area contributed by atoms with E-state index in [0.717, 1.165) is 12.8 Å². The fraction of sp³-hybridized carbons (Fsp3) is 0.688. The van der Waals surface area contributed by atoms with E-state index in [0.29, 0.717) is 22.9 Å². The number of ether oxygens (including phenoxy) is 1. The van der Waals surface area contributed by atoms with Gasteiger partial charge in [0.2, 0.25) is 0 Å². The van der Waals surface area contributed by atoms with E-state index in [9.17, 15) is 9.59 Å². The molecule has 0 amide bonds. The van der Waals surface area contributed by atoms with E-state index in [1.807, 2.05) is 0 Å². The van der Waals surface area contributed by atoms with Gasteiger partial charge >= 0.3 is 5.97 Å². The van der Waals surface area contributed by atoms with Gasteiger partial charge in [-0.1, -0.05) is 39.0 Å². The highest BCUT2D eigenvalue weighted by atomic mass is 32.2. The van der Waals surface area contributed by atoms with Crippen molar-refractivity contribution in [1.82, 2.24) is 9.97 Å². The monoisotopic (exact) mass is 324 g/mol. The van der Waals surface area contributed by atoms with Crippen molar-refractivity contribution in [1.29, 1.82) is 0 Å². The van der Waals surface area contributed by atoms with Crippen LogP contribution in [0, 0.1) is 17.8 Å². The molecule has 6 heteroatoms. The Bertz CT molecular complexity index is 558. The lowest BCUT2D eigenvalue weighted by atomic mass is 9.75. The summed E-state index contributed by atoms with van der Waals surface area (Å²) < 4.78 is 5.71. The minimum absolute atomic E-state index is 0.0135. The van der Waals surface area contributed by atoms with Crippen molar-refractivity contribution >= 4 is 17.7 Å². The predicted octanol–water partition coefficient (Wildman–Crippen LogP) is 2.87. The van der Waals surface area contributed by atoms with Crippen LogP contribution in [0.2, 0.25) is 0 Å². The van der Waals surface area contributed by atoms with E-state index in [1.54, 1.807) is 0 Å². The van der Waals surface area contributed by atoms with Crippen LogP contribution in [0.25, 0.3) is 0 Å². The summed E-state index contributed by atoms with van der Waals surface area (Å²) in [7, 11) is 0. The van der Waals surface area contributed by atoms with E-state index in [-0.39, 0.29) is 23.4 Å². The SMILES string of the molecule is CC(C)[C@H]1CC[C@H](C)C[C@@H]1OC(=O)CSc1nccc(=O)[nH]1. The maximum absolute atomic E-state index is 12.1. The van der Waals surface area contributed by atoms with E-state index < -0.39 is 0 Å². The van der Waals surface area contributed by atoms with E-state index in [1.165, 1.54) is 30.4 Å². The van der Waals surface area contributed by atoms with Crippen molar-refractivity contribution in [3.05, 3.63) is 22.6 Å². The molecule has 0 aliphatic heterocycles. The Morgan fingerprint density at radius 3 is 2.95 bits per heavy atom. The molecule has 1 aromatic rings. The molecule has 2 rings (SSSR count). The molecule has 0 aromatic carbocycles. The van der Waals surface area contributed by atoms with Gasteiger partial charge in [0.15, 0.2) is 5.16 Å². The zero-order valence-electron chi connectivity index (χ0n) is 13.4. The smallest absolute Gasteiger partial charge is 0.316 e. The molecule has 0 saturated heterocycles. The lowest BCUT2D eigenvalue weighted by molar-refractivity contribution is -0.152. The summed E-state index contributed by atoms with van der Waals surface area (Å²) in [6, 6.07) is 1.35. The molecule has 122 valence electrons. The highest BCUT2D eigenvalue weighted by molar-refractivity contribution is 7.99. The molecular weight excluding hydrogens is 300 g/mol. The van der Waals surface area contributed by atoms with Gasteiger partial charge in [0.25, 0.3) is 5.56 Å². The summed E-state index contributed by atoms with van der Waals surface area (Å²) >= 11 is 1.20. The van der Waals surface area contributed by atoms with E-state index in [4.69, 9.17) is 4.74 Å². The zero-order valence-corrected chi connectivity index (χ0v) is 14.2. The number of hydrogen-bond donors (Lipinski definition) is 1.